The molecule has 4 heterocycles. The Morgan fingerprint density at radius 2 is 2.00 bits per heavy atom. The predicted octanol–water partition coefficient (Wildman–Crippen LogP) is 4.43. The molecule has 0 spiro atoms. The van der Waals surface area contributed by atoms with Gasteiger partial charge in [-0.2, -0.15) is 10.4 Å². The van der Waals surface area contributed by atoms with Crippen molar-refractivity contribution >= 4 is 22.8 Å². The summed E-state index contributed by atoms with van der Waals surface area (Å²) >= 11 is 0. The number of piperidine rings is 1. The fourth-order valence-electron chi connectivity index (χ4n) is 4.86. The van der Waals surface area contributed by atoms with E-state index in [2.05, 4.69) is 21.0 Å². The molecule has 11 heteroatoms. The maximum atomic E-state index is 15.4. The van der Waals surface area contributed by atoms with Crippen molar-refractivity contribution in [1.82, 2.24) is 29.6 Å². The third-order valence-electron chi connectivity index (χ3n) is 6.97. The standard InChI is InChI=1S/C28H25FN8O2/c29-22-12-23(39-20-6-2-1-3-7-20)32-14-21(22)25-24-26(31)33-16-34-27(24)37(35-25)19-5-4-10-36(15-19)28(38)18(13-30)11-17-8-9-17/h1-3,6-7,11-12,14,16-17,19H,4-5,8-10,15H2,(H2,31,33,34)/t19-/m1/s1. The Morgan fingerprint density at radius 3 is 2.74 bits per heavy atom. The van der Waals surface area contributed by atoms with Gasteiger partial charge < -0.3 is 15.4 Å². The maximum Gasteiger partial charge on any atom is 0.264 e. The molecule has 0 bridgehead atoms. The summed E-state index contributed by atoms with van der Waals surface area (Å²) in [5.74, 6) is 0.249. The van der Waals surface area contributed by atoms with Gasteiger partial charge in [-0.05, 0) is 43.7 Å². The van der Waals surface area contributed by atoms with Crippen molar-refractivity contribution in [2.45, 2.75) is 31.7 Å². The van der Waals surface area contributed by atoms with Crippen molar-refractivity contribution in [2.75, 3.05) is 18.8 Å². The Hall–Kier alpha value is -4.85. The molecule has 4 aromatic rings. The minimum Gasteiger partial charge on any atom is -0.439 e. The highest BCUT2D eigenvalue weighted by Crippen LogP contribution is 2.36. The molecule has 39 heavy (non-hydrogen) atoms. The van der Waals surface area contributed by atoms with Crippen LogP contribution < -0.4 is 10.5 Å². The van der Waals surface area contributed by atoms with Crippen molar-refractivity contribution < 1.29 is 13.9 Å². The van der Waals surface area contributed by atoms with Gasteiger partial charge in [0.05, 0.1) is 17.0 Å². The van der Waals surface area contributed by atoms with Gasteiger partial charge in [-0.3, -0.25) is 4.79 Å². The highest BCUT2D eigenvalue weighted by atomic mass is 19.1. The van der Waals surface area contributed by atoms with E-state index < -0.39 is 5.82 Å². The summed E-state index contributed by atoms with van der Waals surface area (Å²) in [5, 5.41) is 14.7. The molecule has 2 aliphatic rings. The molecule has 6 rings (SSSR count). The van der Waals surface area contributed by atoms with Crippen LogP contribution >= 0.6 is 0 Å². The van der Waals surface area contributed by atoms with Crippen molar-refractivity contribution in [3.05, 3.63) is 66.4 Å². The first-order valence-corrected chi connectivity index (χ1v) is 12.8. The molecule has 1 saturated carbocycles. The molecule has 1 saturated heterocycles. The van der Waals surface area contributed by atoms with Crippen molar-refractivity contribution in [2.24, 2.45) is 5.92 Å². The van der Waals surface area contributed by atoms with Crippen LogP contribution in [0.15, 0.2) is 60.6 Å². The number of carbonyl (C=O) groups excluding carboxylic acids is 1. The van der Waals surface area contributed by atoms with Crippen molar-refractivity contribution in [1.29, 1.82) is 5.26 Å². The number of nitrogen functional groups attached to an aromatic ring is 1. The zero-order valence-electron chi connectivity index (χ0n) is 21.0. The van der Waals surface area contributed by atoms with Crippen LogP contribution in [0.5, 0.6) is 11.6 Å². The van der Waals surface area contributed by atoms with Crippen LogP contribution in [0.1, 0.15) is 31.7 Å². The van der Waals surface area contributed by atoms with E-state index in [0.717, 1.165) is 25.7 Å². The van der Waals surface area contributed by atoms with E-state index in [1.165, 1.54) is 18.6 Å². The average molecular weight is 525 g/mol. The van der Waals surface area contributed by atoms with Gasteiger partial charge >= 0.3 is 0 Å². The molecule has 1 aliphatic heterocycles. The second-order valence-corrected chi connectivity index (χ2v) is 9.74. The Kier molecular flexibility index (Phi) is 6.36. The van der Waals surface area contributed by atoms with Gasteiger partial charge in [0, 0.05) is 25.4 Å². The number of pyridine rings is 1. The SMILES string of the molecule is N#CC(=CC1CC1)C(=O)N1CCC[C@@H](n2nc(-c3cnc(Oc4ccccc4)cc3F)c3c(N)ncnc32)C1. The molecule has 196 valence electrons. The smallest absolute Gasteiger partial charge is 0.264 e. The summed E-state index contributed by atoms with van der Waals surface area (Å²) in [6.45, 7) is 0.886. The molecule has 10 nitrogen and oxygen atoms in total. The van der Waals surface area contributed by atoms with Crippen LogP contribution in [0.4, 0.5) is 10.2 Å². The Bertz CT molecular complexity index is 1620. The molecular weight excluding hydrogens is 499 g/mol. The number of hydrogen-bond acceptors (Lipinski definition) is 8. The summed E-state index contributed by atoms with van der Waals surface area (Å²) in [7, 11) is 0. The van der Waals surface area contributed by atoms with E-state index in [9.17, 15) is 10.1 Å². The quantitative estimate of drug-likeness (QED) is 0.289. The molecule has 1 aliphatic carbocycles. The first-order chi connectivity index (χ1) is 19.0. The van der Waals surface area contributed by atoms with Gasteiger partial charge in [-0.25, -0.2) is 24.0 Å². The van der Waals surface area contributed by atoms with Gasteiger partial charge in [-0.1, -0.05) is 24.3 Å². The molecule has 1 amide bonds. The number of nitriles is 1. The van der Waals surface area contributed by atoms with Gasteiger partial charge in [-0.15, -0.1) is 0 Å². The third kappa shape index (κ3) is 4.88. The number of hydrogen-bond donors (Lipinski definition) is 1. The van der Waals surface area contributed by atoms with E-state index in [1.54, 1.807) is 27.8 Å². The number of benzene rings is 1. The van der Waals surface area contributed by atoms with E-state index in [4.69, 9.17) is 15.6 Å². The predicted molar refractivity (Wildman–Crippen MR) is 141 cm³/mol. The third-order valence-corrected chi connectivity index (χ3v) is 6.97. The van der Waals surface area contributed by atoms with E-state index in [-0.39, 0.29) is 40.5 Å². The van der Waals surface area contributed by atoms with Crippen LogP contribution in [0.25, 0.3) is 22.3 Å². The molecule has 2 N–H and O–H groups in total. The van der Waals surface area contributed by atoms with Gasteiger partial charge in [0.15, 0.2) is 5.65 Å². The lowest BCUT2D eigenvalue weighted by Crippen LogP contribution is -2.41. The number of rotatable bonds is 6. The van der Waals surface area contributed by atoms with Gasteiger partial charge in [0.25, 0.3) is 5.91 Å². The van der Waals surface area contributed by atoms with Crippen LogP contribution in [0.2, 0.25) is 0 Å². The molecule has 1 aromatic carbocycles. The number of halogens is 1. The fraction of sp³-hybridized carbons (Fsp3) is 0.286. The largest absolute Gasteiger partial charge is 0.439 e. The number of nitrogens with zero attached hydrogens (tertiary/aromatic N) is 7. The van der Waals surface area contributed by atoms with Crippen LogP contribution in [0, 0.1) is 23.1 Å². The number of amides is 1. The second kappa shape index (κ2) is 10.1. The zero-order valence-corrected chi connectivity index (χ0v) is 21.0. The van der Waals surface area contributed by atoms with Crippen molar-refractivity contribution in [3.8, 4) is 29.0 Å². The number of fused-ring (bicyclic) bond motifs is 1. The Balaban J connectivity index is 1.33. The number of allylic oxidation sites excluding steroid dienone is 1. The summed E-state index contributed by atoms with van der Waals surface area (Å²) in [5.41, 5.74) is 7.23. The number of carbonyl (C=O) groups is 1. The maximum absolute atomic E-state index is 15.4. The van der Waals surface area contributed by atoms with Gasteiger partial charge in [0.2, 0.25) is 5.88 Å². The Morgan fingerprint density at radius 1 is 1.18 bits per heavy atom. The number of likely N-dealkylation sites (tertiary alicyclic amines) is 1. The first-order valence-electron chi connectivity index (χ1n) is 12.8. The van der Waals surface area contributed by atoms with Crippen LogP contribution in [-0.4, -0.2) is 48.6 Å². The molecule has 0 unspecified atom stereocenters. The van der Waals surface area contributed by atoms with E-state index in [1.807, 2.05) is 18.2 Å². The number of anilines is 1. The molecule has 2 fully saturated rings. The highest BCUT2D eigenvalue weighted by Gasteiger charge is 2.31. The first kappa shape index (κ1) is 24.5. The van der Waals surface area contributed by atoms with Crippen molar-refractivity contribution in [3.63, 3.8) is 0 Å². The molecule has 0 radical (unpaired) electrons. The minimum absolute atomic E-state index is 0.101. The molecule has 3 aromatic heterocycles. The minimum atomic E-state index is -0.588. The van der Waals surface area contributed by atoms with E-state index in [0.29, 0.717) is 35.8 Å². The lowest BCUT2D eigenvalue weighted by atomic mass is 10.0. The number of para-hydroxylation sites is 1. The molecule has 1 atom stereocenters. The topological polar surface area (TPSA) is 136 Å². The summed E-state index contributed by atoms with van der Waals surface area (Å²) in [4.78, 5) is 27.6. The van der Waals surface area contributed by atoms with Gasteiger partial charge in [0.1, 0.15) is 41.0 Å². The number of nitrogens with two attached hydrogens (primary N) is 1. The Labute approximate surface area is 223 Å². The fourth-order valence-corrected chi connectivity index (χ4v) is 4.86. The lowest BCUT2D eigenvalue weighted by molar-refractivity contribution is -0.128. The van der Waals surface area contributed by atoms with E-state index >= 15 is 4.39 Å². The second-order valence-electron chi connectivity index (χ2n) is 9.74. The summed E-state index contributed by atoms with van der Waals surface area (Å²) in [6, 6.07) is 12.0. The lowest BCUT2D eigenvalue weighted by Gasteiger charge is -2.32. The average Bonchev–Trinajstić information content (AvgIpc) is 3.70. The van der Waals surface area contributed by atoms with Crippen LogP contribution in [0.3, 0.4) is 0 Å². The zero-order chi connectivity index (χ0) is 26.9. The number of aromatic nitrogens is 5. The molecular formula is C28H25FN8O2. The highest BCUT2D eigenvalue weighted by molar-refractivity contribution is 5.99. The summed E-state index contributed by atoms with van der Waals surface area (Å²) < 4.78 is 22.8. The normalized spacial score (nSPS) is 17.7. The van der Waals surface area contributed by atoms with Crippen LogP contribution in [-0.2, 0) is 4.79 Å². The monoisotopic (exact) mass is 524 g/mol. The number of ether oxygens (including phenoxy) is 1. The summed E-state index contributed by atoms with van der Waals surface area (Å²) in [6.07, 6.45) is 7.93.